The summed E-state index contributed by atoms with van der Waals surface area (Å²) in [6.45, 7) is 0.808. The second-order valence-corrected chi connectivity index (χ2v) is 4.39. The maximum atomic E-state index is 13.7. The van der Waals surface area contributed by atoms with Gasteiger partial charge in [-0.1, -0.05) is 24.6 Å². The lowest BCUT2D eigenvalue weighted by molar-refractivity contribution is -0.139. The first-order valence-corrected chi connectivity index (χ1v) is 5.91. The van der Waals surface area contributed by atoms with Gasteiger partial charge in [0.1, 0.15) is 5.82 Å². The highest BCUT2D eigenvalue weighted by molar-refractivity contribution is 5.77. The summed E-state index contributed by atoms with van der Waals surface area (Å²) in [6.07, 6.45) is 2.83. The molecule has 2 rings (SSSR count). The van der Waals surface area contributed by atoms with Crippen molar-refractivity contribution in [3.63, 3.8) is 0 Å². The van der Waals surface area contributed by atoms with E-state index in [0.717, 1.165) is 25.8 Å². The second kappa shape index (κ2) is 5.27. The van der Waals surface area contributed by atoms with Crippen LogP contribution in [0.1, 0.15) is 30.7 Å². The van der Waals surface area contributed by atoms with Crippen LogP contribution in [0.2, 0.25) is 0 Å². The maximum absolute atomic E-state index is 13.7. The normalized spacial score (nSPS) is 22.1. The SMILES string of the molecule is O=C(O)[C@@H](c1ccccc1F)[C@@H]1CCCCN1. The first-order chi connectivity index (χ1) is 8.20. The summed E-state index contributed by atoms with van der Waals surface area (Å²) in [5.41, 5.74) is 0.277. The average molecular weight is 237 g/mol. The van der Waals surface area contributed by atoms with Crippen molar-refractivity contribution in [1.82, 2.24) is 5.32 Å². The molecule has 0 saturated carbocycles. The fourth-order valence-electron chi connectivity index (χ4n) is 2.41. The largest absolute Gasteiger partial charge is 0.481 e. The van der Waals surface area contributed by atoms with E-state index in [2.05, 4.69) is 5.32 Å². The quantitative estimate of drug-likeness (QED) is 0.846. The lowest BCUT2D eigenvalue weighted by Gasteiger charge is -2.29. The van der Waals surface area contributed by atoms with Crippen LogP contribution in [-0.4, -0.2) is 23.7 Å². The summed E-state index contributed by atoms with van der Waals surface area (Å²) in [5, 5.41) is 12.5. The lowest BCUT2D eigenvalue weighted by Crippen LogP contribution is -2.42. The van der Waals surface area contributed by atoms with Crippen molar-refractivity contribution in [2.45, 2.75) is 31.2 Å². The number of halogens is 1. The first kappa shape index (κ1) is 12.0. The topological polar surface area (TPSA) is 49.3 Å². The van der Waals surface area contributed by atoms with Gasteiger partial charge >= 0.3 is 5.97 Å². The molecule has 0 spiro atoms. The van der Waals surface area contributed by atoms with E-state index in [0.29, 0.717) is 0 Å². The van der Waals surface area contributed by atoms with E-state index in [4.69, 9.17) is 0 Å². The number of hydrogen-bond donors (Lipinski definition) is 2. The summed E-state index contributed by atoms with van der Waals surface area (Å²) in [6, 6.07) is 5.96. The van der Waals surface area contributed by atoms with Crippen LogP contribution < -0.4 is 5.32 Å². The van der Waals surface area contributed by atoms with E-state index in [1.54, 1.807) is 18.2 Å². The third kappa shape index (κ3) is 2.64. The van der Waals surface area contributed by atoms with E-state index in [9.17, 15) is 14.3 Å². The molecule has 1 aliphatic rings. The monoisotopic (exact) mass is 237 g/mol. The fraction of sp³-hybridized carbons (Fsp3) is 0.462. The van der Waals surface area contributed by atoms with Crippen LogP contribution >= 0.6 is 0 Å². The van der Waals surface area contributed by atoms with E-state index in [1.165, 1.54) is 6.07 Å². The van der Waals surface area contributed by atoms with Crippen molar-refractivity contribution < 1.29 is 14.3 Å². The highest BCUT2D eigenvalue weighted by atomic mass is 19.1. The zero-order valence-electron chi connectivity index (χ0n) is 9.53. The molecule has 1 heterocycles. The van der Waals surface area contributed by atoms with Crippen LogP contribution in [0.3, 0.4) is 0 Å². The number of aliphatic carboxylic acids is 1. The highest BCUT2D eigenvalue weighted by Gasteiger charge is 2.32. The van der Waals surface area contributed by atoms with Crippen molar-refractivity contribution in [1.29, 1.82) is 0 Å². The Morgan fingerprint density at radius 3 is 2.76 bits per heavy atom. The molecule has 0 unspecified atom stereocenters. The van der Waals surface area contributed by atoms with Crippen LogP contribution in [0.5, 0.6) is 0 Å². The molecule has 4 heteroatoms. The average Bonchev–Trinajstić information content (AvgIpc) is 2.33. The van der Waals surface area contributed by atoms with Crippen LogP contribution in [0, 0.1) is 5.82 Å². The van der Waals surface area contributed by atoms with Gasteiger partial charge in [-0.15, -0.1) is 0 Å². The summed E-state index contributed by atoms with van der Waals surface area (Å²) in [5.74, 6) is -2.20. The van der Waals surface area contributed by atoms with Crippen molar-refractivity contribution >= 4 is 5.97 Å². The molecule has 2 N–H and O–H groups in total. The Morgan fingerprint density at radius 2 is 2.18 bits per heavy atom. The molecule has 1 aromatic rings. The predicted molar refractivity (Wildman–Crippen MR) is 62.4 cm³/mol. The molecule has 1 aromatic carbocycles. The molecular weight excluding hydrogens is 221 g/mol. The molecule has 0 amide bonds. The number of nitrogens with one attached hydrogen (secondary N) is 1. The number of rotatable bonds is 3. The Labute approximate surface area is 99.7 Å². The van der Waals surface area contributed by atoms with Gasteiger partial charge in [0.2, 0.25) is 0 Å². The van der Waals surface area contributed by atoms with Gasteiger partial charge in [-0.2, -0.15) is 0 Å². The Kier molecular flexibility index (Phi) is 3.74. The molecule has 0 aliphatic carbocycles. The van der Waals surface area contributed by atoms with Gasteiger partial charge in [0, 0.05) is 11.6 Å². The standard InChI is InChI=1S/C13H16FNO2/c14-10-6-2-1-5-9(10)12(13(16)17)11-7-3-4-8-15-11/h1-2,5-6,11-12,15H,3-4,7-8H2,(H,16,17)/t11-,12-/m0/s1. The maximum Gasteiger partial charge on any atom is 0.312 e. The number of benzene rings is 1. The Morgan fingerprint density at radius 1 is 1.41 bits per heavy atom. The third-order valence-corrected chi connectivity index (χ3v) is 3.26. The van der Waals surface area contributed by atoms with Crippen molar-refractivity contribution in [2.75, 3.05) is 6.54 Å². The van der Waals surface area contributed by atoms with Gasteiger partial charge in [0.15, 0.2) is 0 Å². The van der Waals surface area contributed by atoms with Gasteiger partial charge in [0.05, 0.1) is 5.92 Å². The smallest absolute Gasteiger partial charge is 0.312 e. The Balaban J connectivity index is 2.28. The fourth-order valence-corrected chi connectivity index (χ4v) is 2.41. The molecule has 3 nitrogen and oxygen atoms in total. The van der Waals surface area contributed by atoms with Crippen molar-refractivity contribution in [3.05, 3.63) is 35.6 Å². The second-order valence-electron chi connectivity index (χ2n) is 4.39. The highest BCUT2D eigenvalue weighted by Crippen LogP contribution is 2.27. The zero-order valence-corrected chi connectivity index (χ0v) is 9.53. The molecule has 1 aliphatic heterocycles. The number of hydrogen-bond acceptors (Lipinski definition) is 2. The molecule has 0 radical (unpaired) electrons. The summed E-state index contributed by atoms with van der Waals surface area (Å²) in [7, 11) is 0. The Bertz CT molecular complexity index is 402. The number of carbonyl (C=O) groups is 1. The molecule has 2 atom stereocenters. The lowest BCUT2D eigenvalue weighted by atomic mass is 9.86. The minimum Gasteiger partial charge on any atom is -0.481 e. The zero-order chi connectivity index (χ0) is 12.3. The Hall–Kier alpha value is -1.42. The van der Waals surface area contributed by atoms with Gasteiger partial charge in [-0.25, -0.2) is 4.39 Å². The summed E-state index contributed by atoms with van der Waals surface area (Å²) >= 11 is 0. The van der Waals surface area contributed by atoms with Crippen LogP contribution in [0.25, 0.3) is 0 Å². The number of carboxylic acids is 1. The minimum absolute atomic E-state index is 0.168. The van der Waals surface area contributed by atoms with E-state index in [-0.39, 0.29) is 11.6 Å². The van der Waals surface area contributed by atoms with Crippen molar-refractivity contribution in [2.24, 2.45) is 0 Å². The van der Waals surface area contributed by atoms with Crippen LogP contribution in [0.15, 0.2) is 24.3 Å². The van der Waals surface area contributed by atoms with E-state index >= 15 is 0 Å². The first-order valence-electron chi connectivity index (χ1n) is 5.91. The minimum atomic E-state index is -0.963. The van der Waals surface area contributed by atoms with Crippen molar-refractivity contribution in [3.8, 4) is 0 Å². The van der Waals surface area contributed by atoms with Crippen LogP contribution in [0.4, 0.5) is 4.39 Å². The van der Waals surface area contributed by atoms with Gasteiger partial charge < -0.3 is 10.4 Å². The molecule has 1 fully saturated rings. The number of carboxylic acid groups (broad SMARTS) is 1. The third-order valence-electron chi connectivity index (χ3n) is 3.26. The van der Waals surface area contributed by atoms with E-state index in [1.807, 2.05) is 0 Å². The predicted octanol–water partition coefficient (Wildman–Crippen LogP) is 2.14. The van der Waals surface area contributed by atoms with E-state index < -0.39 is 17.7 Å². The van der Waals surface area contributed by atoms with Gasteiger partial charge in [-0.3, -0.25) is 4.79 Å². The molecular formula is C13H16FNO2. The summed E-state index contributed by atoms with van der Waals surface area (Å²) in [4.78, 5) is 11.3. The molecule has 0 bridgehead atoms. The molecule has 17 heavy (non-hydrogen) atoms. The summed E-state index contributed by atoms with van der Waals surface area (Å²) < 4.78 is 13.7. The van der Waals surface area contributed by atoms with Crippen LogP contribution in [-0.2, 0) is 4.79 Å². The molecule has 0 aromatic heterocycles. The molecule has 92 valence electrons. The van der Waals surface area contributed by atoms with Gasteiger partial charge in [-0.05, 0) is 25.5 Å². The number of piperidine rings is 1. The molecule has 1 saturated heterocycles. The van der Waals surface area contributed by atoms with Gasteiger partial charge in [0.25, 0.3) is 0 Å².